The van der Waals surface area contributed by atoms with Crippen LogP contribution in [0.3, 0.4) is 0 Å². The van der Waals surface area contributed by atoms with Gasteiger partial charge in [-0.25, -0.2) is 8.42 Å². The molecule has 1 aliphatic rings. The molecule has 0 spiro atoms. The van der Waals surface area contributed by atoms with Gasteiger partial charge in [0.15, 0.2) is 5.60 Å². The van der Waals surface area contributed by atoms with Gasteiger partial charge in [0.25, 0.3) is 20.0 Å². The number of rotatable bonds is 12. The number of halogens is 3. The Morgan fingerprint density at radius 3 is 2.33 bits per heavy atom. The summed E-state index contributed by atoms with van der Waals surface area (Å²) in [7, 11) is -4.15. The first kappa shape index (κ1) is 34.1. The molecule has 0 aliphatic carbocycles. The van der Waals surface area contributed by atoms with Crippen molar-refractivity contribution in [3.63, 3.8) is 0 Å². The minimum Gasteiger partial charge on any atom is -0.493 e. The smallest absolute Gasteiger partial charge is 0.417 e. The Labute approximate surface area is 251 Å². The number of fused-ring (bicyclic) bond motifs is 1. The molecule has 2 atom stereocenters. The van der Waals surface area contributed by atoms with Crippen molar-refractivity contribution in [3.05, 3.63) is 77.5 Å². The lowest BCUT2D eigenvalue weighted by molar-refractivity contribution is -0.264. The number of aliphatic hydroxyl groups is 1. The van der Waals surface area contributed by atoms with Crippen molar-refractivity contribution in [1.82, 2.24) is 9.21 Å². The molecule has 14 heteroatoms. The van der Waals surface area contributed by atoms with Gasteiger partial charge >= 0.3 is 6.18 Å². The summed E-state index contributed by atoms with van der Waals surface area (Å²) in [5.41, 5.74) is -3.03. The van der Waals surface area contributed by atoms with Gasteiger partial charge < -0.3 is 14.7 Å². The van der Waals surface area contributed by atoms with Gasteiger partial charge in [-0.1, -0.05) is 37.3 Å². The Balaban J connectivity index is 2.06. The lowest BCUT2D eigenvalue weighted by Crippen LogP contribution is -2.48. The number of sulfonamides is 2. The van der Waals surface area contributed by atoms with Crippen LogP contribution in [0.2, 0.25) is 0 Å². The van der Waals surface area contributed by atoms with Crippen LogP contribution in [0, 0.1) is 0 Å². The normalized spacial score (nSPS) is 16.6. The fourth-order valence-corrected chi connectivity index (χ4v) is 6.88. The zero-order chi connectivity index (χ0) is 32.2. The fourth-order valence-electron chi connectivity index (χ4n) is 4.63. The average molecular weight is 644 g/mol. The Hall–Kier alpha value is -3.36. The summed E-state index contributed by atoms with van der Waals surface area (Å²) in [5, 5.41) is 11.3. The summed E-state index contributed by atoms with van der Waals surface area (Å²) in [6.45, 7) is 3.25. The average Bonchev–Trinajstić information content (AvgIpc) is 3.42. The van der Waals surface area contributed by atoms with E-state index in [2.05, 4.69) is 4.40 Å². The SMILES string of the molecule is C/C=C/C=C(/CC(O)(CC(C)c1cc(S(=O)(=O)/N=C/N(C)C)cc2c1OCC2)C(F)(F)F)N(C)S(=O)(=O)c1ccccc1. The lowest BCUT2D eigenvalue weighted by Gasteiger charge is -2.36. The van der Waals surface area contributed by atoms with Crippen molar-refractivity contribution in [2.45, 2.75) is 60.6 Å². The maximum atomic E-state index is 14.7. The first-order valence-electron chi connectivity index (χ1n) is 13.3. The first-order chi connectivity index (χ1) is 19.9. The molecule has 9 nitrogen and oxygen atoms in total. The fraction of sp³-hybridized carbons (Fsp3) is 0.414. The molecule has 0 aromatic heterocycles. The second-order valence-electron chi connectivity index (χ2n) is 10.5. The quantitative estimate of drug-likeness (QED) is 0.200. The Kier molecular flexibility index (Phi) is 10.4. The molecule has 0 saturated carbocycles. The van der Waals surface area contributed by atoms with E-state index < -0.39 is 50.6 Å². The molecule has 1 N–H and O–H groups in total. The zero-order valence-corrected chi connectivity index (χ0v) is 26.2. The van der Waals surface area contributed by atoms with E-state index in [1.165, 1.54) is 66.4 Å². The summed E-state index contributed by atoms with van der Waals surface area (Å²) in [6, 6.07) is 9.83. The molecule has 0 amide bonds. The molecule has 43 heavy (non-hydrogen) atoms. The van der Waals surface area contributed by atoms with Crippen molar-refractivity contribution < 1.29 is 39.9 Å². The van der Waals surface area contributed by atoms with Gasteiger partial charge in [-0.15, -0.1) is 4.40 Å². The topological polar surface area (TPSA) is 117 Å². The van der Waals surface area contributed by atoms with E-state index in [1.54, 1.807) is 27.1 Å². The summed E-state index contributed by atoms with van der Waals surface area (Å²) in [5.74, 6) is -0.800. The predicted octanol–water partition coefficient (Wildman–Crippen LogP) is 4.86. The number of nitrogens with zero attached hydrogens (tertiary/aromatic N) is 3. The van der Waals surface area contributed by atoms with Crippen molar-refractivity contribution in [3.8, 4) is 5.75 Å². The molecule has 0 saturated heterocycles. The van der Waals surface area contributed by atoms with Gasteiger partial charge in [-0.3, -0.25) is 4.31 Å². The third kappa shape index (κ3) is 7.78. The second-order valence-corrected chi connectivity index (χ2v) is 14.1. The van der Waals surface area contributed by atoms with E-state index >= 15 is 0 Å². The van der Waals surface area contributed by atoms with Gasteiger partial charge in [-0.2, -0.15) is 21.6 Å². The molecule has 2 aromatic carbocycles. The van der Waals surface area contributed by atoms with Gasteiger partial charge in [0.2, 0.25) is 0 Å². The molecule has 0 bridgehead atoms. The van der Waals surface area contributed by atoms with Crippen LogP contribution < -0.4 is 4.74 Å². The number of allylic oxidation sites excluding steroid dienone is 3. The highest BCUT2D eigenvalue weighted by atomic mass is 32.2. The lowest BCUT2D eigenvalue weighted by atomic mass is 9.82. The molecule has 0 fully saturated rings. The van der Waals surface area contributed by atoms with Crippen LogP contribution in [-0.2, 0) is 26.5 Å². The summed E-state index contributed by atoms with van der Waals surface area (Å²) in [6.07, 6.45) is -1.64. The molecule has 236 valence electrons. The Bertz CT molecular complexity index is 1610. The van der Waals surface area contributed by atoms with Gasteiger partial charge in [0.05, 0.1) is 16.4 Å². The van der Waals surface area contributed by atoms with Crippen molar-refractivity contribution in [1.29, 1.82) is 0 Å². The van der Waals surface area contributed by atoms with Crippen LogP contribution in [0.5, 0.6) is 5.75 Å². The molecule has 2 unspecified atom stereocenters. The van der Waals surface area contributed by atoms with E-state index in [9.17, 15) is 35.1 Å². The predicted molar refractivity (Wildman–Crippen MR) is 158 cm³/mol. The van der Waals surface area contributed by atoms with E-state index in [-0.39, 0.29) is 33.4 Å². The third-order valence-electron chi connectivity index (χ3n) is 6.96. The maximum Gasteiger partial charge on any atom is 0.417 e. The van der Waals surface area contributed by atoms with Crippen LogP contribution in [0.4, 0.5) is 13.2 Å². The van der Waals surface area contributed by atoms with Crippen LogP contribution in [0.1, 0.15) is 43.7 Å². The van der Waals surface area contributed by atoms with Gasteiger partial charge in [0, 0.05) is 39.7 Å². The van der Waals surface area contributed by atoms with Crippen LogP contribution >= 0.6 is 0 Å². The van der Waals surface area contributed by atoms with Crippen molar-refractivity contribution in [2.24, 2.45) is 4.40 Å². The molecule has 2 aromatic rings. The molecule has 1 heterocycles. The standard InChI is InChI=1S/C29H36F3N3O6S2/c1-6-7-11-23(35(5)43(39,40)24-12-9-8-10-13-24)19-28(36,29(30,31)32)18-21(2)26-17-25(16-22-14-15-41-27(22)26)42(37,38)33-20-34(3)4/h6-13,16-17,20-21,36H,14-15,18-19H2,1-5H3/b7-6+,23-11-,33-20+. The van der Waals surface area contributed by atoms with Crippen molar-refractivity contribution in [2.75, 3.05) is 27.7 Å². The molecule has 1 aliphatic heterocycles. The van der Waals surface area contributed by atoms with Gasteiger partial charge in [0.1, 0.15) is 12.1 Å². The van der Waals surface area contributed by atoms with E-state index in [0.29, 0.717) is 12.0 Å². The van der Waals surface area contributed by atoms with E-state index in [4.69, 9.17) is 4.74 Å². The van der Waals surface area contributed by atoms with Crippen LogP contribution in [0.25, 0.3) is 0 Å². The highest BCUT2D eigenvalue weighted by Crippen LogP contribution is 2.46. The first-order valence-corrected chi connectivity index (χ1v) is 16.2. The summed E-state index contributed by atoms with van der Waals surface area (Å²) < 4.78 is 106. The number of hydrogen-bond donors (Lipinski definition) is 1. The third-order valence-corrected chi connectivity index (χ3v) is 9.99. The molecular formula is C29H36F3N3O6S2. The molecular weight excluding hydrogens is 607 g/mol. The molecule has 3 rings (SSSR count). The Morgan fingerprint density at radius 2 is 1.74 bits per heavy atom. The number of alkyl halides is 3. The minimum absolute atomic E-state index is 0.129. The van der Waals surface area contributed by atoms with E-state index in [1.807, 2.05) is 0 Å². The largest absolute Gasteiger partial charge is 0.493 e. The van der Waals surface area contributed by atoms with Gasteiger partial charge in [-0.05, 0) is 60.7 Å². The number of benzene rings is 2. The highest BCUT2D eigenvalue weighted by molar-refractivity contribution is 7.90. The summed E-state index contributed by atoms with van der Waals surface area (Å²) in [4.78, 5) is 1.08. The zero-order valence-electron chi connectivity index (χ0n) is 24.5. The van der Waals surface area contributed by atoms with Crippen LogP contribution in [0.15, 0.2) is 80.6 Å². The Morgan fingerprint density at radius 1 is 1.09 bits per heavy atom. The molecule has 0 radical (unpaired) electrons. The van der Waals surface area contributed by atoms with Crippen LogP contribution in [-0.4, -0.2) is 77.0 Å². The maximum absolute atomic E-state index is 14.7. The number of ether oxygens (including phenoxy) is 1. The number of hydrogen-bond acceptors (Lipinski definition) is 6. The summed E-state index contributed by atoms with van der Waals surface area (Å²) >= 11 is 0. The highest BCUT2D eigenvalue weighted by Gasteiger charge is 2.55. The second kappa shape index (κ2) is 13.1. The monoisotopic (exact) mass is 643 g/mol. The van der Waals surface area contributed by atoms with E-state index in [0.717, 1.165) is 17.7 Å². The minimum atomic E-state index is -5.18. The van der Waals surface area contributed by atoms with Crippen molar-refractivity contribution >= 4 is 26.4 Å².